The van der Waals surface area contributed by atoms with Crippen molar-refractivity contribution in [1.29, 1.82) is 0 Å². The van der Waals surface area contributed by atoms with Crippen LogP contribution in [0.1, 0.15) is 42.6 Å². The molecule has 1 aliphatic rings. The predicted octanol–water partition coefficient (Wildman–Crippen LogP) is 3.34. The number of aromatic nitrogens is 2. The van der Waals surface area contributed by atoms with Gasteiger partial charge in [0.2, 0.25) is 0 Å². The lowest BCUT2D eigenvalue weighted by atomic mass is 9.81. The molecule has 0 aliphatic heterocycles. The van der Waals surface area contributed by atoms with Crippen molar-refractivity contribution in [3.05, 3.63) is 42.0 Å². The fraction of sp³-hybridized carbons (Fsp3) is 0.421. The van der Waals surface area contributed by atoms with Gasteiger partial charge in [-0.05, 0) is 43.4 Å². The second-order valence-corrected chi connectivity index (χ2v) is 7.30. The van der Waals surface area contributed by atoms with Gasteiger partial charge >= 0.3 is 5.97 Å². The van der Waals surface area contributed by atoms with Gasteiger partial charge in [0.05, 0.1) is 13.3 Å². The third kappa shape index (κ3) is 3.85. The van der Waals surface area contributed by atoms with E-state index in [0.29, 0.717) is 29.4 Å². The standard InChI is InChI=1S/C19H22FN3O3S/c1-26-17(25)19(10-4-3-5-11-19)22-16(24)15-12-21-18(27-2)23(15)14-8-6-13(20)7-9-14/h6-9,12H,3-5,10-11H2,1-2H3,(H,22,24). The van der Waals surface area contributed by atoms with Crippen molar-refractivity contribution in [3.63, 3.8) is 0 Å². The average molecular weight is 391 g/mol. The fourth-order valence-corrected chi connectivity index (χ4v) is 4.04. The SMILES string of the molecule is COC(=O)C1(NC(=O)c2cnc(SC)n2-c2ccc(F)cc2)CCCCC1. The number of methoxy groups -OCH3 is 1. The zero-order valence-corrected chi connectivity index (χ0v) is 16.1. The number of esters is 1. The summed E-state index contributed by atoms with van der Waals surface area (Å²) in [7, 11) is 1.33. The molecule has 6 nitrogen and oxygen atoms in total. The smallest absolute Gasteiger partial charge is 0.331 e. The molecule has 1 saturated carbocycles. The van der Waals surface area contributed by atoms with Gasteiger partial charge in [0.25, 0.3) is 5.91 Å². The van der Waals surface area contributed by atoms with Gasteiger partial charge in [-0.2, -0.15) is 0 Å². The number of benzene rings is 1. The van der Waals surface area contributed by atoms with Crippen LogP contribution in [0.4, 0.5) is 4.39 Å². The second-order valence-electron chi connectivity index (χ2n) is 6.53. The van der Waals surface area contributed by atoms with Crippen LogP contribution in [0, 0.1) is 5.82 Å². The summed E-state index contributed by atoms with van der Waals surface area (Å²) in [6.45, 7) is 0. The molecule has 0 saturated heterocycles. The number of nitrogens with one attached hydrogen (secondary N) is 1. The topological polar surface area (TPSA) is 73.2 Å². The first-order valence-electron chi connectivity index (χ1n) is 8.79. The van der Waals surface area contributed by atoms with Gasteiger partial charge in [-0.1, -0.05) is 31.0 Å². The summed E-state index contributed by atoms with van der Waals surface area (Å²) in [5, 5.41) is 3.50. The van der Waals surface area contributed by atoms with E-state index in [9.17, 15) is 14.0 Å². The Bertz CT molecular complexity index is 829. The van der Waals surface area contributed by atoms with Crippen LogP contribution in [0.3, 0.4) is 0 Å². The normalized spacial score (nSPS) is 16.0. The van der Waals surface area contributed by atoms with E-state index in [4.69, 9.17) is 4.74 Å². The molecule has 1 aliphatic carbocycles. The van der Waals surface area contributed by atoms with Gasteiger partial charge in [0, 0.05) is 5.69 Å². The Kier molecular flexibility index (Phi) is 5.84. The molecule has 1 heterocycles. The van der Waals surface area contributed by atoms with Gasteiger partial charge in [-0.25, -0.2) is 14.2 Å². The molecule has 8 heteroatoms. The number of ether oxygens (including phenoxy) is 1. The van der Waals surface area contributed by atoms with E-state index in [1.165, 1.54) is 37.2 Å². The molecule has 1 aromatic heterocycles. The molecule has 0 spiro atoms. The number of carbonyl (C=O) groups is 2. The molecule has 1 aromatic carbocycles. The maximum atomic E-state index is 13.3. The van der Waals surface area contributed by atoms with Crippen LogP contribution in [0.25, 0.3) is 5.69 Å². The highest BCUT2D eigenvalue weighted by atomic mass is 32.2. The Hall–Kier alpha value is -2.35. The van der Waals surface area contributed by atoms with Crippen LogP contribution in [-0.2, 0) is 9.53 Å². The number of nitrogens with zero attached hydrogens (tertiary/aromatic N) is 2. The number of halogens is 1. The maximum Gasteiger partial charge on any atom is 0.331 e. The number of hydrogen-bond donors (Lipinski definition) is 1. The van der Waals surface area contributed by atoms with E-state index in [0.717, 1.165) is 19.3 Å². The molecule has 0 unspecified atom stereocenters. The lowest BCUT2D eigenvalue weighted by Gasteiger charge is -2.35. The van der Waals surface area contributed by atoms with Gasteiger partial charge in [-0.15, -0.1) is 0 Å². The summed E-state index contributed by atoms with van der Waals surface area (Å²) < 4.78 is 19.9. The van der Waals surface area contributed by atoms with E-state index >= 15 is 0 Å². The summed E-state index contributed by atoms with van der Waals surface area (Å²) in [6.07, 6.45) is 7.14. The number of carbonyl (C=O) groups excluding carboxylic acids is 2. The minimum Gasteiger partial charge on any atom is -0.467 e. The van der Waals surface area contributed by atoms with E-state index in [1.54, 1.807) is 16.7 Å². The Morgan fingerprint density at radius 1 is 1.22 bits per heavy atom. The molecule has 1 N–H and O–H groups in total. The van der Waals surface area contributed by atoms with Crippen molar-refractivity contribution in [2.45, 2.75) is 42.8 Å². The van der Waals surface area contributed by atoms with Crippen LogP contribution in [0.15, 0.2) is 35.6 Å². The number of rotatable bonds is 5. The molecular weight excluding hydrogens is 369 g/mol. The molecule has 2 aromatic rings. The van der Waals surface area contributed by atoms with Gasteiger partial charge in [0.15, 0.2) is 5.16 Å². The predicted molar refractivity (Wildman–Crippen MR) is 101 cm³/mol. The Morgan fingerprint density at radius 3 is 2.48 bits per heavy atom. The van der Waals surface area contributed by atoms with Crippen molar-refractivity contribution in [2.75, 3.05) is 13.4 Å². The molecule has 0 atom stereocenters. The lowest BCUT2D eigenvalue weighted by molar-refractivity contribution is -0.149. The lowest BCUT2D eigenvalue weighted by Crippen LogP contribution is -2.56. The number of imidazole rings is 1. The number of amides is 1. The molecule has 3 rings (SSSR count). The Balaban J connectivity index is 1.96. The van der Waals surface area contributed by atoms with Crippen LogP contribution < -0.4 is 5.32 Å². The van der Waals surface area contributed by atoms with Crippen LogP contribution in [0.5, 0.6) is 0 Å². The molecule has 27 heavy (non-hydrogen) atoms. The Labute approximate surface area is 161 Å². The van der Waals surface area contributed by atoms with Crippen LogP contribution >= 0.6 is 11.8 Å². The number of hydrogen-bond acceptors (Lipinski definition) is 5. The molecular formula is C19H22FN3O3S. The van der Waals surface area contributed by atoms with E-state index < -0.39 is 17.4 Å². The van der Waals surface area contributed by atoms with E-state index in [-0.39, 0.29) is 5.82 Å². The fourth-order valence-electron chi connectivity index (χ4n) is 3.49. The maximum absolute atomic E-state index is 13.3. The zero-order valence-electron chi connectivity index (χ0n) is 15.3. The first-order chi connectivity index (χ1) is 13.0. The highest BCUT2D eigenvalue weighted by Crippen LogP contribution is 2.30. The van der Waals surface area contributed by atoms with Gasteiger partial charge in [-0.3, -0.25) is 9.36 Å². The molecule has 1 amide bonds. The van der Waals surface area contributed by atoms with Crippen molar-refractivity contribution >= 4 is 23.6 Å². The van der Waals surface area contributed by atoms with Crippen molar-refractivity contribution in [1.82, 2.24) is 14.9 Å². The minimum atomic E-state index is -1.01. The van der Waals surface area contributed by atoms with Crippen molar-refractivity contribution < 1.29 is 18.7 Å². The highest BCUT2D eigenvalue weighted by molar-refractivity contribution is 7.98. The molecule has 0 radical (unpaired) electrons. The van der Waals surface area contributed by atoms with Crippen LogP contribution in [-0.4, -0.2) is 40.3 Å². The zero-order chi connectivity index (χ0) is 19.4. The van der Waals surface area contributed by atoms with E-state index in [2.05, 4.69) is 10.3 Å². The van der Waals surface area contributed by atoms with Crippen molar-refractivity contribution in [3.8, 4) is 5.69 Å². The van der Waals surface area contributed by atoms with Crippen molar-refractivity contribution in [2.24, 2.45) is 0 Å². The summed E-state index contributed by atoms with van der Waals surface area (Å²) in [4.78, 5) is 29.8. The van der Waals surface area contributed by atoms with Gasteiger partial charge < -0.3 is 10.1 Å². The third-order valence-electron chi connectivity index (χ3n) is 4.87. The Morgan fingerprint density at radius 2 is 1.89 bits per heavy atom. The summed E-state index contributed by atoms with van der Waals surface area (Å²) in [5.41, 5.74) is -0.0967. The largest absolute Gasteiger partial charge is 0.467 e. The van der Waals surface area contributed by atoms with E-state index in [1.807, 2.05) is 6.26 Å². The quantitative estimate of drug-likeness (QED) is 0.625. The third-order valence-corrected chi connectivity index (χ3v) is 5.52. The molecule has 144 valence electrons. The minimum absolute atomic E-state index is 0.291. The van der Waals surface area contributed by atoms with Crippen LogP contribution in [0.2, 0.25) is 0 Å². The molecule has 1 fully saturated rings. The summed E-state index contributed by atoms with van der Waals surface area (Å²) in [5.74, 6) is -1.18. The first-order valence-corrected chi connectivity index (χ1v) is 10.0. The highest BCUT2D eigenvalue weighted by Gasteiger charge is 2.42. The first kappa shape index (κ1) is 19.4. The molecule has 0 bridgehead atoms. The number of thioether (sulfide) groups is 1. The summed E-state index contributed by atoms with van der Waals surface area (Å²) in [6, 6.07) is 5.84. The summed E-state index contributed by atoms with van der Waals surface area (Å²) >= 11 is 1.38. The average Bonchev–Trinajstić information content (AvgIpc) is 3.13. The second kappa shape index (κ2) is 8.12. The monoisotopic (exact) mass is 391 g/mol. The van der Waals surface area contributed by atoms with Gasteiger partial charge in [0.1, 0.15) is 17.1 Å².